The summed E-state index contributed by atoms with van der Waals surface area (Å²) in [5.74, 6) is 0.544. The van der Waals surface area contributed by atoms with Crippen molar-refractivity contribution in [2.75, 3.05) is 16.6 Å². The molecular weight excluding hydrogens is 288 g/mol. The van der Waals surface area contributed by atoms with Crippen molar-refractivity contribution in [2.24, 2.45) is 0 Å². The summed E-state index contributed by atoms with van der Waals surface area (Å²) in [5.41, 5.74) is 1.28. The lowest BCUT2D eigenvalue weighted by molar-refractivity contribution is 0.601. The molecule has 0 radical (unpaired) electrons. The number of anilines is 2. The van der Waals surface area contributed by atoms with Crippen molar-refractivity contribution in [1.29, 1.82) is 0 Å². The van der Waals surface area contributed by atoms with Gasteiger partial charge in [-0.3, -0.25) is 9.71 Å². The molecule has 0 saturated carbocycles. The van der Waals surface area contributed by atoms with Gasteiger partial charge in [0.05, 0.1) is 16.8 Å². The average Bonchev–Trinajstić information content (AvgIpc) is 2.48. The van der Waals surface area contributed by atoms with Gasteiger partial charge in [0, 0.05) is 25.0 Å². The minimum atomic E-state index is -3.65. The lowest BCUT2D eigenvalue weighted by Gasteiger charge is -2.11. The van der Waals surface area contributed by atoms with Crippen molar-refractivity contribution in [3.63, 3.8) is 0 Å². The summed E-state index contributed by atoms with van der Waals surface area (Å²) in [7, 11) is -3.65. The summed E-state index contributed by atoms with van der Waals surface area (Å²) in [6.07, 6.45) is 5.52. The number of nitrogens with one attached hydrogen (secondary N) is 2. The van der Waals surface area contributed by atoms with Gasteiger partial charge >= 0.3 is 0 Å². The lowest BCUT2D eigenvalue weighted by Crippen LogP contribution is -2.14. The van der Waals surface area contributed by atoms with Crippen LogP contribution in [0.4, 0.5) is 11.5 Å². The molecule has 0 amide bonds. The SMILES string of the molecule is CCCNc1cc(S(=O)(=O)Nc2cnccc2C)ccn1. The summed E-state index contributed by atoms with van der Waals surface area (Å²) in [5, 5.41) is 3.07. The summed E-state index contributed by atoms with van der Waals surface area (Å²) in [6.45, 7) is 4.59. The van der Waals surface area contributed by atoms with E-state index in [1.54, 1.807) is 12.3 Å². The summed E-state index contributed by atoms with van der Waals surface area (Å²) in [4.78, 5) is 8.20. The highest BCUT2D eigenvalue weighted by atomic mass is 32.2. The number of nitrogens with zero attached hydrogens (tertiary/aromatic N) is 2. The van der Waals surface area contributed by atoms with Crippen molar-refractivity contribution in [2.45, 2.75) is 25.2 Å². The molecule has 0 unspecified atom stereocenters. The predicted octanol–water partition coefficient (Wildman–Crippen LogP) is 2.41. The standard InChI is InChI=1S/C14H18N4O2S/c1-3-6-16-14-9-12(5-8-17-14)21(19,20)18-13-10-15-7-4-11(13)2/h4-5,7-10,18H,3,6H2,1-2H3,(H,16,17). The minimum absolute atomic E-state index is 0.166. The Kier molecular flexibility index (Phi) is 4.74. The van der Waals surface area contributed by atoms with Crippen molar-refractivity contribution in [1.82, 2.24) is 9.97 Å². The lowest BCUT2D eigenvalue weighted by atomic mass is 10.3. The zero-order chi connectivity index (χ0) is 15.3. The number of hydrogen-bond acceptors (Lipinski definition) is 5. The van der Waals surface area contributed by atoms with Crippen LogP contribution >= 0.6 is 0 Å². The third-order valence-corrected chi connectivity index (χ3v) is 4.24. The maximum absolute atomic E-state index is 12.4. The number of rotatable bonds is 6. The third kappa shape index (κ3) is 3.91. The molecule has 0 aliphatic heterocycles. The van der Waals surface area contributed by atoms with E-state index in [9.17, 15) is 8.42 Å². The first kappa shape index (κ1) is 15.2. The van der Waals surface area contributed by atoms with Crippen molar-refractivity contribution in [3.05, 3.63) is 42.4 Å². The van der Waals surface area contributed by atoms with Gasteiger partial charge in [0.1, 0.15) is 5.82 Å². The molecule has 0 aromatic carbocycles. The van der Waals surface area contributed by atoms with Gasteiger partial charge in [0.25, 0.3) is 10.0 Å². The highest BCUT2D eigenvalue weighted by Gasteiger charge is 2.16. The van der Waals surface area contributed by atoms with Gasteiger partial charge in [0.2, 0.25) is 0 Å². The van der Waals surface area contributed by atoms with E-state index in [-0.39, 0.29) is 4.90 Å². The molecule has 0 atom stereocenters. The summed E-state index contributed by atoms with van der Waals surface area (Å²) < 4.78 is 27.3. The van der Waals surface area contributed by atoms with Crippen LogP contribution in [0.15, 0.2) is 41.7 Å². The first-order valence-electron chi connectivity index (χ1n) is 6.66. The minimum Gasteiger partial charge on any atom is -0.370 e. The summed E-state index contributed by atoms with van der Waals surface area (Å²) in [6, 6.07) is 4.73. The molecule has 0 fully saturated rings. The number of sulfonamides is 1. The molecule has 0 saturated heterocycles. The molecule has 0 bridgehead atoms. The maximum atomic E-state index is 12.4. The molecule has 2 N–H and O–H groups in total. The van der Waals surface area contributed by atoms with Gasteiger partial charge < -0.3 is 5.32 Å². The first-order chi connectivity index (χ1) is 10.0. The average molecular weight is 306 g/mol. The largest absolute Gasteiger partial charge is 0.370 e. The first-order valence-corrected chi connectivity index (χ1v) is 8.14. The van der Waals surface area contributed by atoms with E-state index >= 15 is 0 Å². The summed E-state index contributed by atoms with van der Waals surface area (Å²) >= 11 is 0. The normalized spacial score (nSPS) is 11.1. The Morgan fingerprint density at radius 1 is 1.24 bits per heavy atom. The van der Waals surface area contributed by atoms with Crippen LogP contribution in [-0.2, 0) is 10.0 Å². The Labute approximate surface area is 124 Å². The van der Waals surface area contributed by atoms with Crippen molar-refractivity contribution >= 4 is 21.5 Å². The molecule has 2 heterocycles. The molecule has 2 aromatic heterocycles. The second kappa shape index (κ2) is 6.53. The molecule has 2 aromatic rings. The monoisotopic (exact) mass is 306 g/mol. The van der Waals surface area contributed by atoms with E-state index in [0.29, 0.717) is 11.5 Å². The molecule has 21 heavy (non-hydrogen) atoms. The van der Waals surface area contributed by atoms with Crippen LogP contribution in [0.5, 0.6) is 0 Å². The van der Waals surface area contributed by atoms with Crippen molar-refractivity contribution < 1.29 is 8.42 Å². The molecule has 7 heteroatoms. The highest BCUT2D eigenvalue weighted by Crippen LogP contribution is 2.19. The van der Waals surface area contributed by atoms with Gasteiger partial charge in [-0.2, -0.15) is 0 Å². The number of aryl methyl sites for hydroxylation is 1. The van der Waals surface area contributed by atoms with Gasteiger partial charge in [-0.15, -0.1) is 0 Å². The fourth-order valence-corrected chi connectivity index (χ4v) is 2.83. The van der Waals surface area contributed by atoms with Crippen LogP contribution in [0.25, 0.3) is 0 Å². The highest BCUT2D eigenvalue weighted by molar-refractivity contribution is 7.92. The van der Waals surface area contributed by atoms with Crippen LogP contribution in [-0.4, -0.2) is 24.9 Å². The third-order valence-electron chi connectivity index (χ3n) is 2.88. The number of pyridine rings is 2. The van der Waals surface area contributed by atoms with Gasteiger partial charge in [-0.1, -0.05) is 6.92 Å². The van der Waals surface area contributed by atoms with E-state index in [0.717, 1.165) is 18.5 Å². The van der Waals surface area contributed by atoms with Crippen LogP contribution in [0.2, 0.25) is 0 Å². The Hall–Kier alpha value is -2.15. The Morgan fingerprint density at radius 3 is 2.76 bits per heavy atom. The zero-order valence-corrected chi connectivity index (χ0v) is 12.8. The Morgan fingerprint density at radius 2 is 2.05 bits per heavy atom. The quantitative estimate of drug-likeness (QED) is 0.856. The van der Waals surface area contributed by atoms with E-state index in [2.05, 4.69) is 20.0 Å². The van der Waals surface area contributed by atoms with Crippen LogP contribution < -0.4 is 10.0 Å². The number of aromatic nitrogens is 2. The smallest absolute Gasteiger partial charge is 0.262 e. The topological polar surface area (TPSA) is 84.0 Å². The van der Waals surface area contributed by atoms with Gasteiger partial charge in [-0.05, 0) is 31.0 Å². The van der Waals surface area contributed by atoms with E-state index in [4.69, 9.17) is 0 Å². The maximum Gasteiger partial charge on any atom is 0.262 e. The molecule has 0 spiro atoms. The van der Waals surface area contributed by atoms with Crippen LogP contribution in [0, 0.1) is 6.92 Å². The molecule has 0 aliphatic carbocycles. The zero-order valence-electron chi connectivity index (χ0n) is 12.0. The fourth-order valence-electron chi connectivity index (χ4n) is 1.70. The van der Waals surface area contributed by atoms with E-state index < -0.39 is 10.0 Å². The molecule has 6 nitrogen and oxygen atoms in total. The van der Waals surface area contributed by atoms with Gasteiger partial charge in [0.15, 0.2) is 0 Å². The predicted molar refractivity (Wildman–Crippen MR) is 82.8 cm³/mol. The Balaban J connectivity index is 2.25. The molecule has 0 aliphatic rings. The van der Waals surface area contributed by atoms with Crippen LogP contribution in [0.1, 0.15) is 18.9 Å². The van der Waals surface area contributed by atoms with Crippen LogP contribution in [0.3, 0.4) is 0 Å². The van der Waals surface area contributed by atoms with Crippen molar-refractivity contribution in [3.8, 4) is 0 Å². The molecular formula is C14H18N4O2S. The second-order valence-corrected chi connectivity index (χ2v) is 6.28. The number of hydrogen-bond donors (Lipinski definition) is 2. The van der Waals surface area contributed by atoms with E-state index in [1.165, 1.54) is 24.5 Å². The van der Waals surface area contributed by atoms with Gasteiger partial charge in [-0.25, -0.2) is 13.4 Å². The Bertz CT molecular complexity index is 716. The fraction of sp³-hybridized carbons (Fsp3) is 0.286. The second-order valence-electron chi connectivity index (χ2n) is 4.60. The molecule has 2 rings (SSSR count). The molecule has 112 valence electrons. The van der Waals surface area contributed by atoms with E-state index in [1.807, 2.05) is 13.8 Å².